The first-order valence-corrected chi connectivity index (χ1v) is 8.49. The van der Waals surface area contributed by atoms with Crippen LogP contribution in [0.3, 0.4) is 0 Å². The SMILES string of the molecule is Cc1cccc(N2CCN(C(=O)N3CCCC(C)C3)CC2)c1. The van der Waals surface area contributed by atoms with Crippen molar-refractivity contribution in [2.45, 2.75) is 26.7 Å². The summed E-state index contributed by atoms with van der Waals surface area (Å²) in [6, 6.07) is 8.87. The number of urea groups is 1. The predicted molar refractivity (Wildman–Crippen MR) is 90.3 cm³/mol. The Morgan fingerprint density at radius 3 is 2.55 bits per heavy atom. The van der Waals surface area contributed by atoms with Crippen molar-refractivity contribution in [2.75, 3.05) is 44.2 Å². The van der Waals surface area contributed by atoms with Gasteiger partial charge in [0.25, 0.3) is 0 Å². The minimum absolute atomic E-state index is 0.246. The molecule has 2 aliphatic heterocycles. The second-order valence-electron chi connectivity index (χ2n) is 6.79. The molecular formula is C18H27N3O. The Labute approximate surface area is 133 Å². The van der Waals surface area contributed by atoms with Gasteiger partial charge in [0.05, 0.1) is 0 Å². The molecular weight excluding hydrogens is 274 g/mol. The Bertz CT molecular complexity index is 523. The average molecular weight is 301 g/mol. The molecule has 1 aromatic carbocycles. The van der Waals surface area contributed by atoms with Gasteiger partial charge >= 0.3 is 6.03 Å². The maximum Gasteiger partial charge on any atom is 0.320 e. The lowest BCUT2D eigenvalue weighted by Crippen LogP contribution is -2.54. The molecule has 3 rings (SSSR count). The summed E-state index contributed by atoms with van der Waals surface area (Å²) in [7, 11) is 0. The summed E-state index contributed by atoms with van der Waals surface area (Å²) >= 11 is 0. The number of benzene rings is 1. The van der Waals surface area contributed by atoms with Gasteiger partial charge in [0, 0.05) is 45.0 Å². The molecule has 4 nitrogen and oxygen atoms in total. The van der Waals surface area contributed by atoms with E-state index in [1.54, 1.807) is 0 Å². The number of piperidine rings is 1. The molecule has 1 atom stereocenters. The monoisotopic (exact) mass is 301 g/mol. The maximum atomic E-state index is 12.6. The smallest absolute Gasteiger partial charge is 0.320 e. The van der Waals surface area contributed by atoms with Crippen LogP contribution in [-0.4, -0.2) is 55.1 Å². The van der Waals surface area contributed by atoms with Crippen molar-refractivity contribution in [2.24, 2.45) is 5.92 Å². The first kappa shape index (κ1) is 15.2. The molecule has 2 aliphatic rings. The lowest BCUT2D eigenvalue weighted by atomic mass is 10.0. The highest BCUT2D eigenvalue weighted by Gasteiger charge is 2.27. The first-order valence-electron chi connectivity index (χ1n) is 8.49. The fourth-order valence-corrected chi connectivity index (χ4v) is 3.54. The zero-order valence-corrected chi connectivity index (χ0v) is 13.8. The van der Waals surface area contributed by atoms with Crippen molar-refractivity contribution in [3.05, 3.63) is 29.8 Å². The van der Waals surface area contributed by atoms with Gasteiger partial charge in [-0.3, -0.25) is 0 Å². The van der Waals surface area contributed by atoms with Gasteiger partial charge in [-0.25, -0.2) is 4.79 Å². The summed E-state index contributed by atoms with van der Waals surface area (Å²) in [6.45, 7) is 9.75. The molecule has 2 saturated heterocycles. The highest BCUT2D eigenvalue weighted by Crippen LogP contribution is 2.20. The van der Waals surface area contributed by atoms with Crippen LogP contribution in [-0.2, 0) is 0 Å². The summed E-state index contributed by atoms with van der Waals surface area (Å²) in [5.74, 6) is 0.645. The molecule has 2 amide bonds. The van der Waals surface area contributed by atoms with E-state index in [4.69, 9.17) is 0 Å². The van der Waals surface area contributed by atoms with Gasteiger partial charge in [-0.05, 0) is 43.4 Å². The van der Waals surface area contributed by atoms with E-state index in [0.29, 0.717) is 5.92 Å². The Kier molecular flexibility index (Phi) is 4.55. The van der Waals surface area contributed by atoms with Crippen LogP contribution in [0.5, 0.6) is 0 Å². The van der Waals surface area contributed by atoms with E-state index in [9.17, 15) is 4.79 Å². The van der Waals surface area contributed by atoms with Crippen LogP contribution in [0.2, 0.25) is 0 Å². The van der Waals surface area contributed by atoms with Crippen LogP contribution >= 0.6 is 0 Å². The van der Waals surface area contributed by atoms with Gasteiger partial charge in [0.1, 0.15) is 0 Å². The number of carbonyl (C=O) groups excluding carboxylic acids is 1. The number of hydrogen-bond donors (Lipinski definition) is 0. The van der Waals surface area contributed by atoms with Crippen LogP contribution in [0, 0.1) is 12.8 Å². The van der Waals surface area contributed by atoms with E-state index >= 15 is 0 Å². The maximum absolute atomic E-state index is 12.6. The molecule has 0 N–H and O–H groups in total. The number of rotatable bonds is 1. The molecule has 0 aliphatic carbocycles. The van der Waals surface area contributed by atoms with Crippen LogP contribution < -0.4 is 4.90 Å². The van der Waals surface area contributed by atoms with Crippen molar-refractivity contribution in [3.63, 3.8) is 0 Å². The number of likely N-dealkylation sites (tertiary alicyclic amines) is 1. The summed E-state index contributed by atoms with van der Waals surface area (Å²) in [4.78, 5) is 19.1. The van der Waals surface area contributed by atoms with E-state index in [1.165, 1.54) is 17.7 Å². The Balaban J connectivity index is 1.56. The molecule has 0 aromatic heterocycles. The van der Waals surface area contributed by atoms with E-state index in [0.717, 1.165) is 45.7 Å². The molecule has 2 heterocycles. The molecule has 0 radical (unpaired) electrons. The van der Waals surface area contributed by atoms with Crippen molar-refractivity contribution in [3.8, 4) is 0 Å². The van der Waals surface area contributed by atoms with Gasteiger partial charge in [0.2, 0.25) is 0 Å². The third-order valence-electron chi connectivity index (χ3n) is 4.84. The zero-order valence-electron chi connectivity index (χ0n) is 13.8. The van der Waals surface area contributed by atoms with Crippen LogP contribution in [0.15, 0.2) is 24.3 Å². The summed E-state index contributed by atoms with van der Waals surface area (Å²) < 4.78 is 0. The Morgan fingerprint density at radius 1 is 1.09 bits per heavy atom. The first-order chi connectivity index (χ1) is 10.6. The normalized spacial score (nSPS) is 22.8. The van der Waals surface area contributed by atoms with Crippen LogP contribution in [0.25, 0.3) is 0 Å². The Morgan fingerprint density at radius 2 is 1.86 bits per heavy atom. The van der Waals surface area contributed by atoms with Gasteiger partial charge in [0.15, 0.2) is 0 Å². The fraction of sp³-hybridized carbons (Fsp3) is 0.611. The van der Waals surface area contributed by atoms with E-state index in [1.807, 2.05) is 4.90 Å². The van der Waals surface area contributed by atoms with Crippen molar-refractivity contribution >= 4 is 11.7 Å². The van der Waals surface area contributed by atoms with Crippen molar-refractivity contribution in [1.82, 2.24) is 9.80 Å². The third-order valence-corrected chi connectivity index (χ3v) is 4.84. The molecule has 2 fully saturated rings. The van der Waals surface area contributed by atoms with E-state index in [2.05, 4.69) is 47.9 Å². The molecule has 4 heteroatoms. The topological polar surface area (TPSA) is 26.8 Å². The average Bonchev–Trinajstić information content (AvgIpc) is 2.54. The quantitative estimate of drug-likeness (QED) is 0.797. The molecule has 0 saturated carbocycles. The molecule has 0 bridgehead atoms. The number of hydrogen-bond acceptors (Lipinski definition) is 2. The number of amides is 2. The molecule has 1 aromatic rings. The predicted octanol–water partition coefficient (Wildman–Crippen LogP) is 2.97. The molecule has 120 valence electrons. The lowest BCUT2D eigenvalue weighted by molar-refractivity contribution is 0.129. The molecule has 0 spiro atoms. The largest absolute Gasteiger partial charge is 0.368 e. The standard InChI is InChI=1S/C18H27N3O/c1-15-5-3-7-17(13-15)19-9-11-20(12-10-19)18(22)21-8-4-6-16(2)14-21/h3,5,7,13,16H,4,6,8-12,14H2,1-2H3. The Hall–Kier alpha value is -1.71. The van der Waals surface area contributed by atoms with Gasteiger partial charge in [-0.15, -0.1) is 0 Å². The number of anilines is 1. The summed E-state index contributed by atoms with van der Waals surface area (Å²) in [5, 5.41) is 0. The highest BCUT2D eigenvalue weighted by atomic mass is 16.2. The molecule has 22 heavy (non-hydrogen) atoms. The van der Waals surface area contributed by atoms with E-state index in [-0.39, 0.29) is 6.03 Å². The van der Waals surface area contributed by atoms with Crippen LogP contribution in [0.4, 0.5) is 10.5 Å². The number of carbonyl (C=O) groups is 1. The van der Waals surface area contributed by atoms with Gasteiger partial charge < -0.3 is 14.7 Å². The van der Waals surface area contributed by atoms with Crippen molar-refractivity contribution < 1.29 is 4.79 Å². The highest BCUT2D eigenvalue weighted by molar-refractivity contribution is 5.75. The van der Waals surface area contributed by atoms with Gasteiger partial charge in [-0.2, -0.15) is 0 Å². The third kappa shape index (κ3) is 3.37. The minimum atomic E-state index is 0.246. The minimum Gasteiger partial charge on any atom is -0.368 e. The number of piperazine rings is 1. The summed E-state index contributed by atoms with van der Waals surface area (Å²) in [6.07, 6.45) is 2.40. The van der Waals surface area contributed by atoms with E-state index < -0.39 is 0 Å². The number of nitrogens with zero attached hydrogens (tertiary/aromatic N) is 3. The molecule has 1 unspecified atom stereocenters. The second kappa shape index (κ2) is 6.59. The summed E-state index contributed by atoms with van der Waals surface area (Å²) in [5.41, 5.74) is 2.57. The van der Waals surface area contributed by atoms with Crippen molar-refractivity contribution in [1.29, 1.82) is 0 Å². The zero-order chi connectivity index (χ0) is 15.5. The van der Waals surface area contributed by atoms with Gasteiger partial charge in [-0.1, -0.05) is 19.1 Å². The number of aryl methyl sites for hydroxylation is 1. The van der Waals surface area contributed by atoms with Crippen LogP contribution in [0.1, 0.15) is 25.3 Å². The second-order valence-corrected chi connectivity index (χ2v) is 6.79. The lowest BCUT2D eigenvalue weighted by Gasteiger charge is -2.40. The fourth-order valence-electron chi connectivity index (χ4n) is 3.54.